The Morgan fingerprint density at radius 3 is 2.75 bits per heavy atom. The summed E-state index contributed by atoms with van der Waals surface area (Å²) in [5.74, 6) is 0.725. The molecule has 0 saturated heterocycles. The van der Waals surface area contributed by atoms with Crippen LogP contribution >= 0.6 is 0 Å². The highest BCUT2D eigenvalue weighted by molar-refractivity contribution is 5.75. The number of ether oxygens (including phenoxy) is 3. The quantitative estimate of drug-likeness (QED) is 0.402. The Balaban J connectivity index is 2.39. The predicted octanol–water partition coefficient (Wildman–Crippen LogP) is 1.81. The van der Waals surface area contributed by atoms with Gasteiger partial charge in [-0.25, -0.2) is 0 Å². The van der Waals surface area contributed by atoms with Gasteiger partial charge < -0.3 is 14.2 Å². The number of rotatable bonds is 7. The van der Waals surface area contributed by atoms with Crippen molar-refractivity contribution >= 4 is 6.29 Å². The summed E-state index contributed by atoms with van der Waals surface area (Å²) >= 11 is 0. The third-order valence-corrected chi connectivity index (χ3v) is 2.06. The van der Waals surface area contributed by atoms with E-state index in [9.17, 15) is 4.79 Å². The van der Waals surface area contributed by atoms with E-state index in [1.165, 1.54) is 0 Å². The Morgan fingerprint density at radius 1 is 1.31 bits per heavy atom. The van der Waals surface area contributed by atoms with Crippen molar-refractivity contribution in [2.45, 2.75) is 6.92 Å². The third-order valence-electron chi connectivity index (χ3n) is 2.06. The zero-order valence-electron chi connectivity index (χ0n) is 9.56. The van der Waals surface area contributed by atoms with Crippen molar-refractivity contribution in [3.8, 4) is 5.75 Å². The Morgan fingerprint density at radius 2 is 2.12 bits per heavy atom. The minimum absolute atomic E-state index is 0.185. The van der Waals surface area contributed by atoms with Crippen LogP contribution in [-0.4, -0.2) is 33.4 Å². The van der Waals surface area contributed by atoms with Crippen LogP contribution in [0.15, 0.2) is 18.2 Å². The summed E-state index contributed by atoms with van der Waals surface area (Å²) in [6, 6.07) is 5.25. The van der Waals surface area contributed by atoms with Gasteiger partial charge >= 0.3 is 0 Å². The Kier molecular flexibility index (Phi) is 5.53. The number of aldehydes is 1. The smallest absolute Gasteiger partial charge is 0.189 e. The highest BCUT2D eigenvalue weighted by Gasteiger charge is 2.00. The van der Waals surface area contributed by atoms with Gasteiger partial charge in [0.25, 0.3) is 0 Å². The standard InChI is InChI=1S/C12H16O4/c1-10-7-11(8-13)3-4-12(10)16-9-15-6-5-14-2/h3-4,7-8H,5-6,9H2,1-2H3. The normalized spacial score (nSPS) is 10.1. The number of hydrogen-bond donors (Lipinski definition) is 0. The average Bonchev–Trinajstić information content (AvgIpc) is 2.30. The van der Waals surface area contributed by atoms with Crippen LogP contribution in [0.3, 0.4) is 0 Å². The van der Waals surface area contributed by atoms with Gasteiger partial charge in [-0.05, 0) is 30.7 Å². The molecule has 1 rings (SSSR count). The van der Waals surface area contributed by atoms with Crippen LogP contribution in [0, 0.1) is 6.92 Å². The van der Waals surface area contributed by atoms with Crippen LogP contribution in [0.2, 0.25) is 0 Å². The first kappa shape index (κ1) is 12.7. The minimum Gasteiger partial charge on any atom is -0.467 e. The molecule has 0 aromatic heterocycles. The van der Waals surface area contributed by atoms with Gasteiger partial charge in [-0.15, -0.1) is 0 Å². The van der Waals surface area contributed by atoms with E-state index in [1.807, 2.05) is 6.92 Å². The summed E-state index contributed by atoms with van der Waals surface area (Å²) in [5.41, 5.74) is 1.56. The van der Waals surface area contributed by atoms with E-state index >= 15 is 0 Å². The summed E-state index contributed by atoms with van der Waals surface area (Å²) in [6.45, 7) is 3.12. The highest BCUT2D eigenvalue weighted by atomic mass is 16.7. The Labute approximate surface area is 95.1 Å². The van der Waals surface area contributed by atoms with Crippen LogP contribution in [-0.2, 0) is 9.47 Å². The van der Waals surface area contributed by atoms with Crippen LogP contribution < -0.4 is 4.74 Å². The van der Waals surface area contributed by atoms with Crippen LogP contribution in [0.5, 0.6) is 5.75 Å². The molecule has 0 aliphatic heterocycles. The largest absolute Gasteiger partial charge is 0.467 e. The fourth-order valence-electron chi connectivity index (χ4n) is 1.21. The van der Waals surface area contributed by atoms with Crippen molar-refractivity contribution in [3.05, 3.63) is 29.3 Å². The molecule has 88 valence electrons. The lowest BCUT2D eigenvalue weighted by molar-refractivity contribution is -0.00875. The maximum absolute atomic E-state index is 10.5. The molecular weight excluding hydrogens is 208 g/mol. The molecule has 1 aromatic rings. The van der Waals surface area contributed by atoms with E-state index in [4.69, 9.17) is 14.2 Å². The van der Waals surface area contributed by atoms with Gasteiger partial charge in [0.05, 0.1) is 13.2 Å². The molecule has 0 fully saturated rings. The first-order chi connectivity index (χ1) is 7.77. The maximum Gasteiger partial charge on any atom is 0.189 e. The number of carbonyl (C=O) groups excluding carboxylic acids is 1. The lowest BCUT2D eigenvalue weighted by Gasteiger charge is -2.09. The molecule has 4 nitrogen and oxygen atoms in total. The zero-order chi connectivity index (χ0) is 11.8. The number of benzene rings is 1. The monoisotopic (exact) mass is 224 g/mol. The van der Waals surface area contributed by atoms with E-state index in [-0.39, 0.29) is 6.79 Å². The lowest BCUT2D eigenvalue weighted by Crippen LogP contribution is -2.08. The molecule has 0 unspecified atom stereocenters. The van der Waals surface area contributed by atoms with Gasteiger partial charge in [0.1, 0.15) is 12.0 Å². The molecule has 0 aliphatic rings. The van der Waals surface area contributed by atoms with E-state index in [1.54, 1.807) is 25.3 Å². The molecule has 0 amide bonds. The fourth-order valence-corrected chi connectivity index (χ4v) is 1.21. The first-order valence-corrected chi connectivity index (χ1v) is 5.03. The number of carbonyl (C=O) groups is 1. The average molecular weight is 224 g/mol. The van der Waals surface area contributed by atoms with Crippen molar-refractivity contribution in [1.29, 1.82) is 0 Å². The van der Waals surface area contributed by atoms with E-state index < -0.39 is 0 Å². The summed E-state index contributed by atoms with van der Waals surface area (Å²) in [7, 11) is 1.62. The summed E-state index contributed by atoms with van der Waals surface area (Å²) in [5, 5.41) is 0. The first-order valence-electron chi connectivity index (χ1n) is 5.03. The summed E-state index contributed by atoms with van der Waals surface area (Å²) in [4.78, 5) is 10.5. The molecule has 4 heteroatoms. The van der Waals surface area contributed by atoms with Gasteiger partial charge in [-0.3, -0.25) is 4.79 Å². The van der Waals surface area contributed by atoms with Gasteiger partial charge in [-0.1, -0.05) is 0 Å². The second-order valence-electron chi connectivity index (χ2n) is 3.31. The van der Waals surface area contributed by atoms with Gasteiger partial charge in [-0.2, -0.15) is 0 Å². The van der Waals surface area contributed by atoms with Crippen LogP contribution in [0.4, 0.5) is 0 Å². The minimum atomic E-state index is 0.185. The van der Waals surface area contributed by atoms with Gasteiger partial charge in [0.2, 0.25) is 0 Å². The number of aryl methyl sites for hydroxylation is 1. The molecule has 0 radical (unpaired) electrons. The molecule has 0 atom stereocenters. The molecule has 0 saturated carbocycles. The van der Waals surface area contributed by atoms with Gasteiger partial charge in [0.15, 0.2) is 6.79 Å². The predicted molar refractivity (Wildman–Crippen MR) is 59.9 cm³/mol. The van der Waals surface area contributed by atoms with Crippen molar-refractivity contribution in [1.82, 2.24) is 0 Å². The number of methoxy groups -OCH3 is 1. The van der Waals surface area contributed by atoms with Gasteiger partial charge in [0, 0.05) is 12.7 Å². The Bertz CT molecular complexity index is 336. The highest BCUT2D eigenvalue weighted by Crippen LogP contribution is 2.18. The Hall–Kier alpha value is -1.39. The summed E-state index contributed by atoms with van der Waals surface area (Å²) < 4.78 is 15.4. The van der Waals surface area contributed by atoms with E-state index in [2.05, 4.69) is 0 Å². The zero-order valence-corrected chi connectivity index (χ0v) is 9.56. The van der Waals surface area contributed by atoms with Crippen molar-refractivity contribution < 1.29 is 19.0 Å². The van der Waals surface area contributed by atoms with E-state index in [0.29, 0.717) is 18.8 Å². The summed E-state index contributed by atoms with van der Waals surface area (Å²) in [6.07, 6.45) is 0.811. The molecule has 0 aliphatic carbocycles. The molecule has 0 bridgehead atoms. The van der Waals surface area contributed by atoms with Crippen LogP contribution in [0.1, 0.15) is 15.9 Å². The van der Waals surface area contributed by atoms with Crippen molar-refractivity contribution in [2.24, 2.45) is 0 Å². The molecule has 0 spiro atoms. The topological polar surface area (TPSA) is 44.8 Å². The maximum atomic E-state index is 10.5. The fraction of sp³-hybridized carbons (Fsp3) is 0.417. The third kappa shape index (κ3) is 4.00. The van der Waals surface area contributed by atoms with Crippen molar-refractivity contribution in [3.63, 3.8) is 0 Å². The van der Waals surface area contributed by atoms with E-state index in [0.717, 1.165) is 17.6 Å². The molecule has 0 N–H and O–H groups in total. The second kappa shape index (κ2) is 6.98. The second-order valence-corrected chi connectivity index (χ2v) is 3.31. The number of hydrogen-bond acceptors (Lipinski definition) is 4. The lowest BCUT2D eigenvalue weighted by atomic mass is 10.1. The molecule has 16 heavy (non-hydrogen) atoms. The molecular formula is C12H16O4. The van der Waals surface area contributed by atoms with Crippen LogP contribution in [0.25, 0.3) is 0 Å². The van der Waals surface area contributed by atoms with Crippen molar-refractivity contribution in [2.75, 3.05) is 27.1 Å². The molecule has 0 heterocycles. The molecule has 1 aromatic carbocycles. The SMILES string of the molecule is COCCOCOc1ccc(C=O)cc1C.